The number of methoxy groups -OCH3 is 1. The molecule has 0 saturated carbocycles. The number of hydrogen-bond donors (Lipinski definition) is 3. The van der Waals surface area contributed by atoms with Crippen molar-refractivity contribution in [3.63, 3.8) is 0 Å². The summed E-state index contributed by atoms with van der Waals surface area (Å²) in [5.74, 6) is -1.77. The lowest BCUT2D eigenvalue weighted by Crippen LogP contribution is -2.49. The highest BCUT2D eigenvalue weighted by atomic mass is 16.5. The standard InChI is InChI=1S/C26H32N2O7/c1-4-34-17(13-23(29)28-24(25(30)31)16(2)33-3)14-27-26(32)35-15-22-20-11-7-5-9-18(20)19-10-6-8-12-21(19)22/h5-12,16-17,22,24H,4,13-15H2,1-3H3,(H,27,32)(H,28,29)(H,30,31). The van der Waals surface area contributed by atoms with Crippen molar-refractivity contribution in [3.8, 4) is 11.1 Å². The summed E-state index contributed by atoms with van der Waals surface area (Å²) in [5, 5.41) is 14.4. The molecule has 1 aliphatic rings. The number of fused-ring (bicyclic) bond motifs is 3. The first kappa shape index (κ1) is 26.2. The third-order valence-electron chi connectivity index (χ3n) is 6.06. The molecule has 0 aromatic heterocycles. The molecule has 0 aliphatic heterocycles. The molecule has 1 aliphatic carbocycles. The number of ether oxygens (including phenoxy) is 3. The Kier molecular flexibility index (Phi) is 9.22. The van der Waals surface area contributed by atoms with Crippen LogP contribution in [0.2, 0.25) is 0 Å². The maximum absolute atomic E-state index is 12.4. The highest BCUT2D eigenvalue weighted by molar-refractivity contribution is 5.84. The van der Waals surface area contributed by atoms with Gasteiger partial charge in [0, 0.05) is 26.2 Å². The monoisotopic (exact) mass is 484 g/mol. The molecule has 2 amide bonds. The Balaban J connectivity index is 1.53. The van der Waals surface area contributed by atoms with Crippen LogP contribution in [-0.4, -0.2) is 68.2 Å². The Labute approximate surface area is 204 Å². The lowest BCUT2D eigenvalue weighted by atomic mass is 9.98. The van der Waals surface area contributed by atoms with Gasteiger partial charge in [-0.05, 0) is 36.1 Å². The SMILES string of the molecule is CCOC(CNC(=O)OCC1c2ccccc2-c2ccccc21)CC(=O)NC(C(=O)O)C(C)OC. The highest BCUT2D eigenvalue weighted by Crippen LogP contribution is 2.44. The second-order valence-corrected chi connectivity index (χ2v) is 8.31. The van der Waals surface area contributed by atoms with Crippen molar-refractivity contribution in [1.29, 1.82) is 0 Å². The van der Waals surface area contributed by atoms with Gasteiger partial charge in [0.15, 0.2) is 6.04 Å². The fourth-order valence-corrected chi connectivity index (χ4v) is 4.23. The molecule has 0 fully saturated rings. The number of carboxylic acids is 1. The van der Waals surface area contributed by atoms with Crippen LogP contribution in [0.15, 0.2) is 48.5 Å². The quantitative estimate of drug-likeness (QED) is 0.423. The third-order valence-corrected chi connectivity index (χ3v) is 6.06. The summed E-state index contributed by atoms with van der Waals surface area (Å²) in [7, 11) is 1.37. The Morgan fingerprint density at radius 1 is 1.03 bits per heavy atom. The van der Waals surface area contributed by atoms with E-state index in [1.165, 1.54) is 7.11 Å². The van der Waals surface area contributed by atoms with Gasteiger partial charge >= 0.3 is 12.1 Å². The van der Waals surface area contributed by atoms with Crippen LogP contribution in [0.1, 0.15) is 37.3 Å². The van der Waals surface area contributed by atoms with E-state index in [1.54, 1.807) is 13.8 Å². The highest BCUT2D eigenvalue weighted by Gasteiger charge is 2.30. The van der Waals surface area contributed by atoms with Crippen LogP contribution in [-0.2, 0) is 23.8 Å². The zero-order valence-corrected chi connectivity index (χ0v) is 20.2. The number of carboxylic acid groups (broad SMARTS) is 1. The van der Waals surface area contributed by atoms with Crippen LogP contribution >= 0.6 is 0 Å². The van der Waals surface area contributed by atoms with E-state index in [9.17, 15) is 19.5 Å². The molecule has 9 heteroatoms. The lowest BCUT2D eigenvalue weighted by Gasteiger charge is -2.22. The van der Waals surface area contributed by atoms with Gasteiger partial charge in [-0.15, -0.1) is 0 Å². The smallest absolute Gasteiger partial charge is 0.407 e. The zero-order valence-electron chi connectivity index (χ0n) is 20.2. The minimum Gasteiger partial charge on any atom is -0.480 e. The fraction of sp³-hybridized carbons (Fsp3) is 0.423. The number of nitrogens with one attached hydrogen (secondary N) is 2. The topological polar surface area (TPSA) is 123 Å². The van der Waals surface area contributed by atoms with Crippen LogP contribution in [0.5, 0.6) is 0 Å². The van der Waals surface area contributed by atoms with Crippen LogP contribution in [0.25, 0.3) is 11.1 Å². The van der Waals surface area contributed by atoms with Gasteiger partial charge in [-0.2, -0.15) is 0 Å². The third kappa shape index (κ3) is 6.58. The van der Waals surface area contributed by atoms with Gasteiger partial charge in [-0.25, -0.2) is 9.59 Å². The molecule has 9 nitrogen and oxygen atoms in total. The second-order valence-electron chi connectivity index (χ2n) is 8.31. The average molecular weight is 485 g/mol. The predicted octanol–water partition coefficient (Wildman–Crippen LogP) is 2.92. The van der Waals surface area contributed by atoms with Gasteiger partial charge in [0.05, 0.1) is 18.6 Å². The van der Waals surface area contributed by atoms with Crippen molar-refractivity contribution in [2.75, 3.05) is 26.9 Å². The summed E-state index contributed by atoms with van der Waals surface area (Å²) in [6.07, 6.45) is -2.10. The minimum atomic E-state index is -1.20. The Hall–Kier alpha value is -3.43. The van der Waals surface area contributed by atoms with E-state index >= 15 is 0 Å². The van der Waals surface area contributed by atoms with Crippen LogP contribution in [0.4, 0.5) is 4.79 Å². The molecule has 2 aromatic rings. The molecular formula is C26H32N2O7. The summed E-state index contributed by atoms with van der Waals surface area (Å²) < 4.78 is 16.1. The molecule has 3 atom stereocenters. The van der Waals surface area contributed by atoms with Gasteiger partial charge in [0.25, 0.3) is 0 Å². The van der Waals surface area contributed by atoms with Crippen molar-refractivity contribution in [3.05, 3.63) is 59.7 Å². The largest absolute Gasteiger partial charge is 0.480 e. The van der Waals surface area contributed by atoms with E-state index in [0.29, 0.717) is 6.61 Å². The van der Waals surface area contributed by atoms with Crippen molar-refractivity contribution >= 4 is 18.0 Å². The minimum absolute atomic E-state index is 0.0372. The number of benzene rings is 2. The first-order valence-corrected chi connectivity index (χ1v) is 11.6. The van der Waals surface area contributed by atoms with E-state index in [-0.39, 0.29) is 25.5 Å². The molecule has 3 N–H and O–H groups in total. The van der Waals surface area contributed by atoms with Crippen molar-refractivity contribution in [2.45, 2.75) is 44.4 Å². The summed E-state index contributed by atoms with van der Waals surface area (Å²) in [6.45, 7) is 3.86. The number of alkyl carbamates (subject to hydrolysis) is 1. The van der Waals surface area contributed by atoms with Gasteiger partial charge in [0.2, 0.25) is 5.91 Å². The number of carbonyl (C=O) groups is 3. The molecule has 0 bridgehead atoms. The number of amides is 2. The van der Waals surface area contributed by atoms with E-state index in [4.69, 9.17) is 14.2 Å². The molecule has 0 heterocycles. The van der Waals surface area contributed by atoms with Gasteiger partial charge in [-0.1, -0.05) is 48.5 Å². The Morgan fingerprint density at radius 3 is 2.17 bits per heavy atom. The van der Waals surface area contributed by atoms with Crippen LogP contribution in [0.3, 0.4) is 0 Å². The predicted molar refractivity (Wildman–Crippen MR) is 129 cm³/mol. The molecule has 0 spiro atoms. The van der Waals surface area contributed by atoms with Gasteiger partial charge in [-0.3, -0.25) is 4.79 Å². The number of rotatable bonds is 12. The van der Waals surface area contributed by atoms with Crippen molar-refractivity contribution in [2.24, 2.45) is 0 Å². The summed E-state index contributed by atoms with van der Waals surface area (Å²) in [6, 6.07) is 14.9. The van der Waals surface area contributed by atoms with Crippen molar-refractivity contribution < 1.29 is 33.7 Å². The molecule has 188 valence electrons. The summed E-state index contributed by atoms with van der Waals surface area (Å²) in [4.78, 5) is 36.2. The Bertz CT molecular complexity index is 996. The molecule has 35 heavy (non-hydrogen) atoms. The molecule has 0 saturated heterocycles. The zero-order chi connectivity index (χ0) is 25.4. The lowest BCUT2D eigenvalue weighted by molar-refractivity contribution is -0.146. The summed E-state index contributed by atoms with van der Waals surface area (Å²) >= 11 is 0. The molecule has 3 unspecified atom stereocenters. The normalized spacial score (nSPS) is 14.8. The van der Waals surface area contributed by atoms with Crippen LogP contribution < -0.4 is 10.6 Å². The molecular weight excluding hydrogens is 452 g/mol. The number of hydrogen-bond acceptors (Lipinski definition) is 6. The maximum Gasteiger partial charge on any atom is 0.407 e. The van der Waals surface area contributed by atoms with Crippen LogP contribution in [0, 0.1) is 0 Å². The number of aliphatic carboxylic acids is 1. The van der Waals surface area contributed by atoms with Crippen molar-refractivity contribution in [1.82, 2.24) is 10.6 Å². The number of carbonyl (C=O) groups excluding carboxylic acids is 2. The van der Waals surface area contributed by atoms with E-state index < -0.39 is 36.2 Å². The molecule has 2 aromatic carbocycles. The summed E-state index contributed by atoms with van der Waals surface area (Å²) in [5.41, 5.74) is 4.51. The van der Waals surface area contributed by atoms with E-state index in [2.05, 4.69) is 22.8 Å². The van der Waals surface area contributed by atoms with Gasteiger partial charge in [0.1, 0.15) is 6.61 Å². The second kappa shape index (κ2) is 12.3. The average Bonchev–Trinajstić information content (AvgIpc) is 3.17. The van der Waals surface area contributed by atoms with E-state index in [1.807, 2.05) is 36.4 Å². The van der Waals surface area contributed by atoms with E-state index in [0.717, 1.165) is 22.3 Å². The first-order chi connectivity index (χ1) is 16.8. The maximum atomic E-state index is 12.4. The molecule has 0 radical (unpaired) electrons. The first-order valence-electron chi connectivity index (χ1n) is 11.6. The molecule has 3 rings (SSSR count). The Morgan fingerprint density at radius 2 is 1.63 bits per heavy atom. The fourth-order valence-electron chi connectivity index (χ4n) is 4.23. The van der Waals surface area contributed by atoms with Gasteiger partial charge < -0.3 is 30.0 Å².